The fraction of sp³-hybridized carbons (Fsp3) is 0.600. The maximum atomic E-state index is 3.50. The molecule has 0 N–H and O–H groups in total. The lowest BCUT2D eigenvalue weighted by Crippen LogP contribution is -2.20. The molecule has 0 saturated heterocycles. The van der Waals surface area contributed by atoms with Gasteiger partial charge in [-0.1, -0.05) is 118 Å². The summed E-state index contributed by atoms with van der Waals surface area (Å²) in [6, 6.07) is 0. The molecule has 0 bridgehead atoms. The van der Waals surface area contributed by atoms with Crippen molar-refractivity contribution in [3.8, 4) is 23.7 Å². The highest BCUT2D eigenvalue weighted by molar-refractivity contribution is 5.37. The van der Waals surface area contributed by atoms with E-state index in [-0.39, 0.29) is 0 Å². The Bertz CT molecular complexity index is 1160. The summed E-state index contributed by atoms with van der Waals surface area (Å²) >= 11 is 0. The van der Waals surface area contributed by atoms with Crippen LogP contribution < -0.4 is 0 Å². The van der Waals surface area contributed by atoms with Crippen LogP contribution in [0.1, 0.15) is 133 Å². The van der Waals surface area contributed by atoms with Gasteiger partial charge in [0.25, 0.3) is 0 Å². The zero-order chi connectivity index (χ0) is 29.8. The van der Waals surface area contributed by atoms with Gasteiger partial charge < -0.3 is 0 Å². The maximum absolute atomic E-state index is 3.50. The molecular formula is C40H58. The van der Waals surface area contributed by atoms with Crippen LogP contribution in [0.3, 0.4) is 0 Å². The molecule has 2 unspecified atom stereocenters. The molecular weight excluding hydrogens is 480 g/mol. The maximum Gasteiger partial charge on any atom is 0.0284 e. The highest BCUT2D eigenvalue weighted by atomic mass is 14.3. The van der Waals surface area contributed by atoms with Crippen LogP contribution in [0, 0.1) is 46.3 Å². The van der Waals surface area contributed by atoms with Gasteiger partial charge in [0.1, 0.15) is 0 Å². The minimum Gasteiger partial charge on any atom is -0.102 e. The summed E-state index contributed by atoms with van der Waals surface area (Å²) in [4.78, 5) is 0. The van der Waals surface area contributed by atoms with Crippen LogP contribution in [0.15, 0.2) is 69.9 Å². The van der Waals surface area contributed by atoms with Gasteiger partial charge >= 0.3 is 0 Å². The molecule has 0 amide bonds. The number of allylic oxidation sites excluding steroid dienone is 12. The number of rotatable bonds is 9. The molecule has 2 atom stereocenters. The van der Waals surface area contributed by atoms with Gasteiger partial charge in [0.15, 0.2) is 0 Å². The molecule has 40 heavy (non-hydrogen) atoms. The topological polar surface area (TPSA) is 0 Å². The van der Waals surface area contributed by atoms with Gasteiger partial charge in [0.2, 0.25) is 0 Å². The Balaban J connectivity index is 1.77. The van der Waals surface area contributed by atoms with Crippen molar-refractivity contribution in [2.75, 3.05) is 0 Å². The standard InChI is InChI=1S/C40H58/c1-31(19-13-21-33(3)25-27-37-35(5)23-15-29-39(37,7)8)17-11-12-18-32(2)20-14-22-34(4)26-28-38-36(6)24-16-30-40(38,9)10/h13,17,19,21,25,27,32,34H,11,15-16,20,23-24,26,28-30H2,1-10H3/b19-13+,27-25+,31-17+,33-21+. The second-order valence-corrected chi connectivity index (χ2v) is 13.9. The van der Waals surface area contributed by atoms with Crippen LogP contribution in [0.4, 0.5) is 0 Å². The lowest BCUT2D eigenvalue weighted by molar-refractivity contribution is 0.349. The van der Waals surface area contributed by atoms with Crippen LogP contribution >= 0.6 is 0 Å². The van der Waals surface area contributed by atoms with Gasteiger partial charge in [-0.05, 0) is 95.5 Å². The average Bonchev–Trinajstić information content (AvgIpc) is 2.85. The molecule has 2 rings (SSSR count). The van der Waals surface area contributed by atoms with Crippen LogP contribution in [-0.4, -0.2) is 0 Å². The van der Waals surface area contributed by atoms with Gasteiger partial charge in [-0.25, -0.2) is 0 Å². The van der Waals surface area contributed by atoms with E-state index in [4.69, 9.17) is 0 Å². The summed E-state index contributed by atoms with van der Waals surface area (Å²) in [6.07, 6.45) is 25.1. The van der Waals surface area contributed by atoms with E-state index in [9.17, 15) is 0 Å². The second kappa shape index (κ2) is 16.1. The summed E-state index contributed by atoms with van der Waals surface area (Å²) in [7, 11) is 0. The van der Waals surface area contributed by atoms with Crippen molar-refractivity contribution < 1.29 is 0 Å². The molecule has 0 aromatic carbocycles. The van der Waals surface area contributed by atoms with Crippen molar-refractivity contribution in [2.24, 2.45) is 22.7 Å². The lowest BCUT2D eigenvalue weighted by Gasteiger charge is -2.35. The van der Waals surface area contributed by atoms with Crippen LogP contribution in [-0.2, 0) is 0 Å². The van der Waals surface area contributed by atoms with Gasteiger partial charge in [0, 0.05) is 24.7 Å². The molecule has 0 nitrogen and oxygen atoms in total. The summed E-state index contributed by atoms with van der Waals surface area (Å²) in [5.74, 6) is 14.4. The summed E-state index contributed by atoms with van der Waals surface area (Å²) in [6.45, 7) is 23.0. The second-order valence-electron chi connectivity index (χ2n) is 13.9. The molecule has 0 aromatic rings. The highest BCUT2D eigenvalue weighted by Gasteiger charge is 2.28. The van der Waals surface area contributed by atoms with E-state index in [1.165, 1.54) is 68.1 Å². The third kappa shape index (κ3) is 11.6. The highest BCUT2D eigenvalue weighted by Crippen LogP contribution is 2.43. The van der Waals surface area contributed by atoms with Crippen LogP contribution in [0.2, 0.25) is 0 Å². The third-order valence-electron chi connectivity index (χ3n) is 8.92. The Morgan fingerprint density at radius 1 is 0.825 bits per heavy atom. The van der Waals surface area contributed by atoms with Gasteiger partial charge in [0.05, 0.1) is 0 Å². The van der Waals surface area contributed by atoms with Crippen molar-refractivity contribution in [1.29, 1.82) is 0 Å². The molecule has 2 aliphatic rings. The smallest absolute Gasteiger partial charge is 0.0284 e. The van der Waals surface area contributed by atoms with Crippen molar-refractivity contribution in [3.63, 3.8) is 0 Å². The minimum absolute atomic E-state index is 0.293. The molecule has 0 heterocycles. The molecule has 0 heteroatoms. The Morgan fingerprint density at radius 2 is 1.48 bits per heavy atom. The SMILES string of the molecule is CC1=C(/C=C/C(C)=C/C=C/C(C)=C/CC#CC(C)CC#CC(C)CCC2=C(C)CCCC2(C)C)C(C)(C)CCC1. The first-order chi connectivity index (χ1) is 18.8. The zero-order valence-corrected chi connectivity index (χ0v) is 27.7. The number of hydrogen-bond donors (Lipinski definition) is 0. The van der Waals surface area contributed by atoms with E-state index in [2.05, 4.69) is 129 Å². The van der Waals surface area contributed by atoms with E-state index in [1.54, 1.807) is 16.7 Å². The summed E-state index contributed by atoms with van der Waals surface area (Å²) in [5.41, 5.74) is 9.59. The molecule has 0 radical (unpaired) electrons. The number of hydrogen-bond acceptors (Lipinski definition) is 0. The van der Waals surface area contributed by atoms with Crippen LogP contribution in [0.5, 0.6) is 0 Å². The minimum atomic E-state index is 0.293. The van der Waals surface area contributed by atoms with E-state index in [0.29, 0.717) is 22.7 Å². The van der Waals surface area contributed by atoms with Gasteiger partial charge in [-0.15, -0.1) is 11.8 Å². The van der Waals surface area contributed by atoms with Gasteiger partial charge in [-0.2, -0.15) is 0 Å². The van der Waals surface area contributed by atoms with E-state index < -0.39 is 0 Å². The summed E-state index contributed by atoms with van der Waals surface area (Å²) < 4.78 is 0. The Labute approximate surface area is 249 Å². The monoisotopic (exact) mass is 538 g/mol. The first kappa shape index (κ1) is 33.8. The molecule has 0 saturated carbocycles. The Kier molecular flexibility index (Phi) is 13.6. The molecule has 0 aliphatic heterocycles. The predicted octanol–water partition coefficient (Wildman–Crippen LogP) is 11.9. The molecule has 0 fully saturated rings. The van der Waals surface area contributed by atoms with E-state index in [1.807, 2.05) is 0 Å². The van der Waals surface area contributed by atoms with Crippen molar-refractivity contribution in [1.82, 2.24) is 0 Å². The Morgan fingerprint density at radius 3 is 2.15 bits per heavy atom. The summed E-state index contributed by atoms with van der Waals surface area (Å²) in [5, 5.41) is 0. The van der Waals surface area contributed by atoms with Gasteiger partial charge in [-0.3, -0.25) is 0 Å². The van der Waals surface area contributed by atoms with Crippen molar-refractivity contribution in [3.05, 3.63) is 69.9 Å². The van der Waals surface area contributed by atoms with E-state index >= 15 is 0 Å². The lowest BCUT2D eigenvalue weighted by atomic mass is 9.71. The molecule has 2 aliphatic carbocycles. The fourth-order valence-corrected chi connectivity index (χ4v) is 6.24. The predicted molar refractivity (Wildman–Crippen MR) is 179 cm³/mol. The normalized spacial score (nSPS) is 21.2. The Hall–Kier alpha value is -2.44. The van der Waals surface area contributed by atoms with Crippen molar-refractivity contribution in [2.45, 2.75) is 133 Å². The third-order valence-corrected chi connectivity index (χ3v) is 8.92. The zero-order valence-electron chi connectivity index (χ0n) is 27.7. The molecule has 0 spiro atoms. The first-order valence-corrected chi connectivity index (χ1v) is 15.9. The molecule has 0 aromatic heterocycles. The average molecular weight is 539 g/mol. The van der Waals surface area contributed by atoms with Crippen molar-refractivity contribution >= 4 is 0 Å². The first-order valence-electron chi connectivity index (χ1n) is 15.9. The van der Waals surface area contributed by atoms with E-state index in [0.717, 1.165) is 12.8 Å². The molecule has 218 valence electrons. The fourth-order valence-electron chi connectivity index (χ4n) is 6.24. The van der Waals surface area contributed by atoms with Crippen LogP contribution in [0.25, 0.3) is 0 Å². The largest absolute Gasteiger partial charge is 0.102 e. The quantitative estimate of drug-likeness (QED) is 0.155.